The largest absolute Gasteiger partial charge is 0.372 e. The topological polar surface area (TPSA) is 21.3 Å². The molecule has 0 radical (unpaired) electrons. The Kier molecular flexibility index (Phi) is 6.27. The van der Waals surface area contributed by atoms with Crippen LogP contribution < -0.4 is 5.32 Å². The summed E-state index contributed by atoms with van der Waals surface area (Å²) in [5.74, 6) is 0.644. The van der Waals surface area contributed by atoms with Crippen LogP contribution in [0.25, 0.3) is 0 Å². The van der Waals surface area contributed by atoms with E-state index in [1.807, 2.05) is 0 Å². The van der Waals surface area contributed by atoms with E-state index in [-0.39, 0.29) is 5.60 Å². The third kappa shape index (κ3) is 5.72. The fraction of sp³-hybridized carbons (Fsp3) is 0.667. The molecule has 0 bridgehead atoms. The lowest BCUT2D eigenvalue weighted by Crippen LogP contribution is -2.28. The molecule has 1 aliphatic heterocycles. The van der Waals surface area contributed by atoms with Gasteiger partial charge in [0.2, 0.25) is 0 Å². The summed E-state index contributed by atoms with van der Waals surface area (Å²) in [7, 11) is 0. The first-order chi connectivity index (χ1) is 9.98. The third-order valence-electron chi connectivity index (χ3n) is 4.27. The van der Waals surface area contributed by atoms with Gasteiger partial charge in [-0.25, -0.2) is 0 Å². The van der Waals surface area contributed by atoms with Gasteiger partial charge in [0, 0.05) is 4.47 Å². The number of ether oxygens (including phenoxy) is 1. The van der Waals surface area contributed by atoms with Crippen LogP contribution in [0.4, 0.5) is 0 Å². The molecule has 0 amide bonds. The van der Waals surface area contributed by atoms with Crippen molar-refractivity contribution in [1.29, 1.82) is 0 Å². The van der Waals surface area contributed by atoms with Crippen LogP contribution in [-0.4, -0.2) is 24.8 Å². The van der Waals surface area contributed by atoms with E-state index in [2.05, 4.69) is 66.3 Å². The van der Waals surface area contributed by atoms with Gasteiger partial charge in [-0.15, -0.1) is 0 Å². The van der Waals surface area contributed by atoms with E-state index >= 15 is 0 Å². The highest BCUT2D eigenvalue weighted by Crippen LogP contribution is 2.33. The van der Waals surface area contributed by atoms with Crippen molar-refractivity contribution >= 4 is 15.9 Å². The van der Waals surface area contributed by atoms with Gasteiger partial charge in [0.25, 0.3) is 0 Å². The molecule has 1 aliphatic rings. The maximum Gasteiger partial charge on any atom is 0.0631 e. The molecule has 0 aliphatic carbocycles. The summed E-state index contributed by atoms with van der Waals surface area (Å²) in [6.07, 6.45) is 5.10. The summed E-state index contributed by atoms with van der Waals surface area (Å²) in [5.41, 5.74) is 1.49. The molecule has 1 saturated heterocycles. The van der Waals surface area contributed by atoms with Gasteiger partial charge in [0.05, 0.1) is 11.7 Å². The summed E-state index contributed by atoms with van der Waals surface area (Å²) >= 11 is 3.50. The minimum Gasteiger partial charge on any atom is -0.372 e. The molecule has 1 N–H and O–H groups in total. The number of nitrogens with one attached hydrogen (secondary N) is 1. The molecule has 2 nitrogen and oxygen atoms in total. The summed E-state index contributed by atoms with van der Waals surface area (Å²) in [5, 5.41) is 3.51. The number of hydrogen-bond donors (Lipinski definition) is 1. The third-order valence-corrected chi connectivity index (χ3v) is 4.80. The van der Waals surface area contributed by atoms with Gasteiger partial charge in [-0.05, 0) is 76.2 Å². The Morgan fingerprint density at radius 2 is 2.05 bits per heavy atom. The lowest BCUT2D eigenvalue weighted by molar-refractivity contribution is -0.0244. The highest BCUT2D eigenvalue weighted by molar-refractivity contribution is 9.10. The van der Waals surface area contributed by atoms with Crippen molar-refractivity contribution in [1.82, 2.24) is 5.32 Å². The van der Waals surface area contributed by atoms with Crippen molar-refractivity contribution in [3.8, 4) is 0 Å². The van der Waals surface area contributed by atoms with Gasteiger partial charge in [-0.3, -0.25) is 0 Å². The van der Waals surface area contributed by atoms with Crippen LogP contribution in [0.5, 0.6) is 0 Å². The maximum absolute atomic E-state index is 6.18. The van der Waals surface area contributed by atoms with Crippen molar-refractivity contribution in [2.45, 2.75) is 58.2 Å². The SMILES string of the molecule is CCNCC(Cc1ccc(Br)cc1)CC1CCC(C)(C)O1. The first-order valence-electron chi connectivity index (χ1n) is 8.11. The fourth-order valence-corrected chi connectivity index (χ4v) is 3.42. The Morgan fingerprint density at radius 3 is 2.62 bits per heavy atom. The molecule has 21 heavy (non-hydrogen) atoms. The zero-order valence-corrected chi connectivity index (χ0v) is 15.1. The summed E-state index contributed by atoms with van der Waals surface area (Å²) < 4.78 is 7.33. The van der Waals surface area contributed by atoms with Crippen LogP contribution in [0.15, 0.2) is 28.7 Å². The summed E-state index contributed by atoms with van der Waals surface area (Å²) in [4.78, 5) is 0. The predicted molar refractivity (Wildman–Crippen MR) is 92.7 cm³/mol. The van der Waals surface area contributed by atoms with Gasteiger partial charge in [0.15, 0.2) is 0 Å². The molecule has 3 heteroatoms. The minimum absolute atomic E-state index is 0.0744. The second kappa shape index (κ2) is 7.75. The first kappa shape index (κ1) is 17.0. The molecule has 2 unspecified atom stereocenters. The average Bonchev–Trinajstić information content (AvgIpc) is 2.78. The van der Waals surface area contributed by atoms with E-state index in [9.17, 15) is 0 Å². The van der Waals surface area contributed by atoms with E-state index in [0.717, 1.165) is 30.4 Å². The van der Waals surface area contributed by atoms with E-state index in [1.54, 1.807) is 0 Å². The van der Waals surface area contributed by atoms with Crippen molar-refractivity contribution in [2.24, 2.45) is 5.92 Å². The predicted octanol–water partition coefficient (Wildman–Crippen LogP) is 4.57. The molecule has 0 aromatic heterocycles. The molecule has 0 spiro atoms. The smallest absolute Gasteiger partial charge is 0.0631 e. The second-order valence-corrected chi connectivity index (χ2v) is 7.69. The molecule has 118 valence electrons. The average molecular weight is 354 g/mol. The molecule has 2 atom stereocenters. The summed E-state index contributed by atoms with van der Waals surface area (Å²) in [6, 6.07) is 8.72. The molecular formula is C18H28BrNO. The molecule has 1 heterocycles. The molecule has 0 saturated carbocycles. The van der Waals surface area contributed by atoms with E-state index in [0.29, 0.717) is 12.0 Å². The standard InChI is InChI=1S/C18H28BrNO/c1-4-20-13-15(11-14-5-7-16(19)8-6-14)12-17-9-10-18(2,3)21-17/h5-8,15,17,20H,4,9-13H2,1-3H3. The van der Waals surface area contributed by atoms with Crippen LogP contribution in [0.2, 0.25) is 0 Å². The number of benzene rings is 1. The summed E-state index contributed by atoms with van der Waals surface area (Å²) in [6.45, 7) is 8.70. The fourth-order valence-electron chi connectivity index (χ4n) is 3.16. The van der Waals surface area contributed by atoms with Crippen molar-refractivity contribution in [2.75, 3.05) is 13.1 Å². The Morgan fingerprint density at radius 1 is 1.33 bits per heavy atom. The van der Waals surface area contributed by atoms with Crippen molar-refractivity contribution in [3.63, 3.8) is 0 Å². The zero-order chi connectivity index (χ0) is 15.3. The monoisotopic (exact) mass is 353 g/mol. The molecule has 1 aromatic carbocycles. The highest BCUT2D eigenvalue weighted by atomic mass is 79.9. The molecule has 1 fully saturated rings. The molecular weight excluding hydrogens is 326 g/mol. The van der Waals surface area contributed by atoms with Crippen molar-refractivity contribution < 1.29 is 4.74 Å². The lowest BCUT2D eigenvalue weighted by atomic mass is 9.92. The normalized spacial score (nSPS) is 22.4. The van der Waals surface area contributed by atoms with Crippen LogP contribution in [0, 0.1) is 5.92 Å². The number of halogens is 1. The van der Waals surface area contributed by atoms with Crippen LogP contribution in [-0.2, 0) is 11.2 Å². The Balaban J connectivity index is 1.92. The van der Waals surface area contributed by atoms with E-state index in [4.69, 9.17) is 4.74 Å². The Hall–Kier alpha value is -0.380. The molecule has 2 rings (SSSR count). The first-order valence-corrected chi connectivity index (χ1v) is 8.91. The van der Waals surface area contributed by atoms with Gasteiger partial charge >= 0.3 is 0 Å². The highest BCUT2D eigenvalue weighted by Gasteiger charge is 2.32. The number of rotatable bonds is 7. The molecule has 1 aromatic rings. The van der Waals surface area contributed by atoms with Crippen LogP contribution in [0.3, 0.4) is 0 Å². The van der Waals surface area contributed by atoms with Gasteiger partial charge in [-0.2, -0.15) is 0 Å². The zero-order valence-electron chi connectivity index (χ0n) is 13.5. The van der Waals surface area contributed by atoms with Crippen LogP contribution in [0.1, 0.15) is 45.6 Å². The van der Waals surface area contributed by atoms with E-state index < -0.39 is 0 Å². The maximum atomic E-state index is 6.18. The van der Waals surface area contributed by atoms with Gasteiger partial charge in [0.1, 0.15) is 0 Å². The van der Waals surface area contributed by atoms with Gasteiger partial charge in [-0.1, -0.05) is 35.0 Å². The van der Waals surface area contributed by atoms with Crippen LogP contribution >= 0.6 is 15.9 Å². The quantitative estimate of drug-likeness (QED) is 0.775. The van der Waals surface area contributed by atoms with Crippen molar-refractivity contribution in [3.05, 3.63) is 34.3 Å². The Labute approximate surface area is 137 Å². The van der Waals surface area contributed by atoms with E-state index in [1.165, 1.54) is 18.4 Å². The van der Waals surface area contributed by atoms with Gasteiger partial charge < -0.3 is 10.1 Å². The second-order valence-electron chi connectivity index (χ2n) is 6.78. The number of hydrogen-bond acceptors (Lipinski definition) is 2. The lowest BCUT2D eigenvalue weighted by Gasteiger charge is -2.24. The Bertz CT molecular complexity index is 429. The minimum atomic E-state index is 0.0744.